The van der Waals surface area contributed by atoms with Gasteiger partial charge in [0.1, 0.15) is 29.0 Å². The average Bonchev–Trinajstić information content (AvgIpc) is 3.64. The molecule has 0 fully saturated rings. The largest absolute Gasteiger partial charge is 0.507 e. The third kappa shape index (κ3) is 7.56. The number of aliphatic imine (C=N–C) groups is 1. The van der Waals surface area contributed by atoms with E-state index in [0.29, 0.717) is 5.69 Å². The fourth-order valence-corrected chi connectivity index (χ4v) is 8.64. The Bertz CT molecular complexity index is 2260. The van der Waals surface area contributed by atoms with Crippen LogP contribution in [0.3, 0.4) is 0 Å². The minimum Gasteiger partial charge on any atom is -0.507 e. The van der Waals surface area contributed by atoms with E-state index in [4.69, 9.17) is 23.9 Å². The summed E-state index contributed by atoms with van der Waals surface area (Å²) in [6, 6.07) is 9.17. The van der Waals surface area contributed by atoms with E-state index >= 15 is 0 Å². The van der Waals surface area contributed by atoms with E-state index < -0.39 is 88.7 Å². The number of ketones is 2. The van der Waals surface area contributed by atoms with Crippen LogP contribution in [0.5, 0.6) is 11.5 Å². The summed E-state index contributed by atoms with van der Waals surface area (Å²) in [5.74, 6) is -7.47. The Kier molecular flexibility index (Phi) is 12.1. The molecule has 1 aliphatic carbocycles. The first-order valence-corrected chi connectivity index (χ1v) is 20.1. The maximum Gasteiger partial charge on any atom is 0.312 e. The summed E-state index contributed by atoms with van der Waals surface area (Å²) in [7, 11) is 1.46. The van der Waals surface area contributed by atoms with Crippen molar-refractivity contribution in [3.05, 3.63) is 100 Å². The first-order valence-electron chi connectivity index (χ1n) is 20.1. The first kappa shape index (κ1) is 44.0. The molecule has 60 heavy (non-hydrogen) atoms. The van der Waals surface area contributed by atoms with Crippen molar-refractivity contribution in [1.82, 2.24) is 5.32 Å². The molecule has 6 rings (SSSR count). The molecular weight excluding hydrogens is 771 g/mol. The van der Waals surface area contributed by atoms with Gasteiger partial charge < -0.3 is 44.5 Å². The van der Waals surface area contributed by atoms with E-state index in [2.05, 4.69) is 5.32 Å². The number of nitrogens with zero attached hydrogens (tertiary/aromatic N) is 2. The van der Waals surface area contributed by atoms with Crippen LogP contribution in [0, 0.1) is 30.6 Å². The summed E-state index contributed by atoms with van der Waals surface area (Å²) < 4.78 is 23.9. The predicted octanol–water partition coefficient (Wildman–Crippen LogP) is 5.82. The number of allylic oxidation sites excluding steroid dienone is 4. The minimum absolute atomic E-state index is 0.00136. The lowest BCUT2D eigenvalue weighted by molar-refractivity contribution is -0.160. The number of ether oxygens (including phenoxy) is 4. The van der Waals surface area contributed by atoms with Gasteiger partial charge in [-0.05, 0) is 45.9 Å². The molecule has 14 heteroatoms. The van der Waals surface area contributed by atoms with Crippen LogP contribution in [0.25, 0.3) is 0 Å². The van der Waals surface area contributed by atoms with Crippen molar-refractivity contribution in [3.63, 3.8) is 0 Å². The Morgan fingerprint density at radius 2 is 1.58 bits per heavy atom. The summed E-state index contributed by atoms with van der Waals surface area (Å²) in [6.45, 7) is 16.4. The first-order chi connectivity index (χ1) is 28.2. The molecule has 0 spiro atoms. The molecular formula is C46H55N3O11. The fraction of sp³-hybridized carbons (Fsp3) is 0.457. The van der Waals surface area contributed by atoms with Crippen LogP contribution in [-0.4, -0.2) is 87.4 Å². The number of phenolic OH excluding ortho intramolecular Hbond substituents is 1. The van der Waals surface area contributed by atoms with Gasteiger partial charge in [-0.2, -0.15) is 0 Å². The highest BCUT2D eigenvalue weighted by molar-refractivity contribution is 6.35. The fourth-order valence-electron chi connectivity index (χ4n) is 8.64. The molecule has 9 unspecified atom stereocenters. The van der Waals surface area contributed by atoms with E-state index in [1.165, 1.54) is 46.3 Å². The van der Waals surface area contributed by atoms with Crippen molar-refractivity contribution < 1.29 is 53.4 Å². The Morgan fingerprint density at radius 3 is 2.22 bits per heavy atom. The van der Waals surface area contributed by atoms with Crippen LogP contribution in [0.4, 0.5) is 5.69 Å². The Morgan fingerprint density at radius 1 is 0.917 bits per heavy atom. The SMILES string of the molecule is COC1/C=C/OC2(C)Oc3c(C)c(O)c4c(c3C2=O)C2=NC(C)(C)N(c3ccccc3)C2=C(NC(=O)/C(C)=C\C=C\C(C)C(O)C(C)C(O)C(C)C(OC(C)=O)C1C)C4=O. The molecule has 3 aliphatic heterocycles. The van der Waals surface area contributed by atoms with Gasteiger partial charge in [0.15, 0.2) is 0 Å². The molecule has 0 saturated heterocycles. The molecule has 1 amide bonds. The average molecular weight is 826 g/mol. The van der Waals surface area contributed by atoms with Gasteiger partial charge in [0.2, 0.25) is 5.78 Å². The molecule has 320 valence electrons. The normalized spacial score (nSPS) is 32.5. The maximum atomic E-state index is 14.9. The monoisotopic (exact) mass is 825 g/mol. The number of aliphatic hydroxyl groups excluding tert-OH is 2. The summed E-state index contributed by atoms with van der Waals surface area (Å²) >= 11 is 0. The number of phenols is 1. The number of amides is 1. The van der Waals surface area contributed by atoms with E-state index in [0.717, 1.165) is 0 Å². The molecule has 3 heterocycles. The summed E-state index contributed by atoms with van der Waals surface area (Å²) in [5.41, 5.74) is -0.0364. The molecule has 4 N–H and O–H groups in total. The van der Waals surface area contributed by atoms with Crippen LogP contribution < -0.4 is 15.0 Å². The molecule has 2 aromatic rings. The molecule has 4 aliphatic rings. The molecule has 0 saturated carbocycles. The van der Waals surface area contributed by atoms with Crippen LogP contribution in [0.2, 0.25) is 0 Å². The number of carbonyl (C=O) groups excluding carboxylic acids is 4. The quantitative estimate of drug-likeness (QED) is 0.272. The van der Waals surface area contributed by atoms with Crippen molar-refractivity contribution >= 4 is 34.8 Å². The number of fused-ring (bicyclic) bond motifs is 3. The molecule has 9 atom stereocenters. The lowest BCUT2D eigenvalue weighted by Gasteiger charge is -2.38. The van der Waals surface area contributed by atoms with Crippen LogP contribution in [0.15, 0.2) is 82.9 Å². The highest BCUT2D eigenvalue weighted by atomic mass is 16.7. The molecule has 2 aromatic carbocycles. The second-order valence-electron chi connectivity index (χ2n) is 16.8. The Hall–Kier alpha value is -5.57. The highest BCUT2D eigenvalue weighted by Crippen LogP contribution is 2.51. The Labute approximate surface area is 350 Å². The molecule has 5 bridgehead atoms. The van der Waals surface area contributed by atoms with Gasteiger partial charge in [-0.25, -0.2) is 0 Å². The van der Waals surface area contributed by atoms with E-state index in [1.807, 2.05) is 44.2 Å². The number of aromatic hydroxyl groups is 1. The molecule has 0 aromatic heterocycles. The van der Waals surface area contributed by atoms with E-state index in [-0.39, 0.29) is 50.7 Å². The Balaban J connectivity index is 1.55. The number of rotatable bonds is 3. The predicted molar refractivity (Wildman–Crippen MR) is 223 cm³/mol. The van der Waals surface area contributed by atoms with Crippen molar-refractivity contribution in [3.8, 4) is 11.5 Å². The number of esters is 1. The number of Topliss-reactive ketones (excluding diaryl/α,β-unsaturated/α-hetero) is 2. The van der Waals surface area contributed by atoms with Crippen molar-refractivity contribution in [2.75, 3.05) is 12.0 Å². The number of benzene rings is 2. The zero-order chi connectivity index (χ0) is 44.2. The third-order valence-electron chi connectivity index (χ3n) is 12.1. The van der Waals surface area contributed by atoms with Crippen molar-refractivity contribution in [2.24, 2.45) is 28.7 Å². The van der Waals surface area contributed by atoms with Gasteiger partial charge in [0, 0.05) is 67.0 Å². The number of carbonyl (C=O) groups is 4. The number of para-hydroxylation sites is 1. The third-order valence-corrected chi connectivity index (χ3v) is 12.1. The van der Waals surface area contributed by atoms with E-state index in [1.54, 1.807) is 51.7 Å². The molecule has 14 nitrogen and oxygen atoms in total. The highest BCUT2D eigenvalue weighted by Gasteiger charge is 2.55. The second kappa shape index (κ2) is 16.5. The zero-order valence-corrected chi connectivity index (χ0v) is 35.9. The van der Waals surface area contributed by atoms with Crippen LogP contribution in [-0.2, 0) is 23.8 Å². The van der Waals surface area contributed by atoms with Crippen LogP contribution in [0.1, 0.15) is 94.2 Å². The van der Waals surface area contributed by atoms with Crippen LogP contribution >= 0.6 is 0 Å². The number of hydrogen-bond donors (Lipinski definition) is 4. The number of methoxy groups -OCH3 is 1. The summed E-state index contributed by atoms with van der Waals surface area (Å²) in [5, 5.41) is 37.6. The van der Waals surface area contributed by atoms with Crippen molar-refractivity contribution in [2.45, 2.75) is 105 Å². The lowest BCUT2D eigenvalue weighted by Crippen LogP contribution is -2.46. The minimum atomic E-state index is -1.99. The van der Waals surface area contributed by atoms with Gasteiger partial charge in [-0.1, -0.05) is 64.1 Å². The lowest BCUT2D eigenvalue weighted by atomic mass is 9.78. The standard InChI is InChI=1S/C46H55N3O11/c1-22-16-15-17-23(2)44(56)47-35-36-34(48-45(8,9)49(36)29-18-13-12-14-19-29)31-32(40(35)54)39(53)27(6)42-33(31)43(55)46(10,60-42)58-21-20-30(57-11)24(3)41(59-28(7)50)26(5)38(52)25(4)37(22)51/h12-22,24-26,30,37-38,41,51-53H,1-11H3,(H,47,56)/b16-15+,21-20+,23-17-. The second-order valence-corrected chi connectivity index (χ2v) is 16.8. The maximum absolute atomic E-state index is 14.9. The number of aliphatic hydroxyl groups is 2. The number of anilines is 1. The topological polar surface area (TPSA) is 194 Å². The summed E-state index contributed by atoms with van der Waals surface area (Å²) in [6.07, 6.45) is 3.79. The van der Waals surface area contributed by atoms with Gasteiger partial charge in [0.25, 0.3) is 11.7 Å². The zero-order valence-electron chi connectivity index (χ0n) is 35.9. The molecule has 0 radical (unpaired) electrons. The number of hydrogen-bond acceptors (Lipinski definition) is 13. The summed E-state index contributed by atoms with van der Waals surface area (Å²) in [4.78, 5) is 62.8. The number of nitrogens with one attached hydrogen (secondary N) is 1. The van der Waals surface area contributed by atoms with Gasteiger partial charge in [0.05, 0.1) is 47.1 Å². The van der Waals surface area contributed by atoms with Gasteiger partial charge in [-0.15, -0.1) is 0 Å². The van der Waals surface area contributed by atoms with Gasteiger partial charge >= 0.3 is 11.8 Å². The van der Waals surface area contributed by atoms with Crippen molar-refractivity contribution in [1.29, 1.82) is 0 Å². The van der Waals surface area contributed by atoms with E-state index in [9.17, 15) is 34.5 Å². The smallest absolute Gasteiger partial charge is 0.312 e. The van der Waals surface area contributed by atoms with Gasteiger partial charge in [-0.3, -0.25) is 24.2 Å².